The number of furan rings is 2. The smallest absolute Gasteiger partial charge is 0.317 e. The number of likely N-dealkylation sites (tertiary alicyclic amines) is 1. The molecule has 4 heterocycles. The van der Waals surface area contributed by atoms with E-state index in [1.807, 2.05) is 0 Å². The van der Waals surface area contributed by atoms with Crippen LogP contribution in [0.2, 0.25) is 0 Å². The molecule has 0 radical (unpaired) electrons. The average molecular weight is 414 g/mol. The second-order valence-corrected chi connectivity index (χ2v) is 7.72. The third-order valence-corrected chi connectivity index (χ3v) is 5.68. The number of piperazine rings is 1. The van der Waals surface area contributed by atoms with Crippen molar-refractivity contribution in [3.8, 4) is 0 Å². The number of rotatable bonds is 3. The lowest BCUT2D eigenvalue weighted by atomic mass is 10.0. The molecule has 9 heteroatoms. The van der Waals surface area contributed by atoms with Crippen molar-refractivity contribution in [2.45, 2.75) is 25.8 Å². The minimum atomic E-state index is -0.141. The van der Waals surface area contributed by atoms with Gasteiger partial charge in [-0.2, -0.15) is 0 Å². The van der Waals surface area contributed by atoms with E-state index in [1.165, 1.54) is 12.5 Å². The van der Waals surface area contributed by atoms with Gasteiger partial charge in [0.25, 0.3) is 11.8 Å². The summed E-state index contributed by atoms with van der Waals surface area (Å²) >= 11 is 0. The maximum absolute atomic E-state index is 12.6. The lowest BCUT2D eigenvalue weighted by Gasteiger charge is -2.37. The summed E-state index contributed by atoms with van der Waals surface area (Å²) in [5.41, 5.74) is 0.551. The van der Waals surface area contributed by atoms with Crippen molar-refractivity contribution in [1.29, 1.82) is 0 Å². The van der Waals surface area contributed by atoms with Crippen LogP contribution in [-0.2, 0) is 0 Å². The first-order valence-electron chi connectivity index (χ1n) is 10.2. The Hall–Kier alpha value is -3.23. The number of amides is 4. The number of aryl methyl sites for hydroxylation is 1. The minimum absolute atomic E-state index is 0.0386. The Bertz CT molecular complexity index is 890. The number of nitrogens with one attached hydrogen (secondary N) is 1. The number of urea groups is 1. The van der Waals surface area contributed by atoms with E-state index in [4.69, 9.17) is 8.83 Å². The molecule has 0 aromatic carbocycles. The second kappa shape index (κ2) is 8.64. The van der Waals surface area contributed by atoms with Gasteiger partial charge in [0.2, 0.25) is 0 Å². The summed E-state index contributed by atoms with van der Waals surface area (Å²) in [7, 11) is 0. The molecule has 4 rings (SSSR count). The number of carbonyl (C=O) groups is 3. The lowest BCUT2D eigenvalue weighted by Crippen LogP contribution is -2.55. The van der Waals surface area contributed by atoms with Crippen LogP contribution in [0.5, 0.6) is 0 Å². The van der Waals surface area contributed by atoms with Crippen LogP contribution in [0.25, 0.3) is 0 Å². The summed E-state index contributed by atoms with van der Waals surface area (Å²) < 4.78 is 10.4. The first-order chi connectivity index (χ1) is 14.5. The maximum atomic E-state index is 12.6. The fourth-order valence-electron chi connectivity index (χ4n) is 3.88. The first kappa shape index (κ1) is 20.1. The van der Waals surface area contributed by atoms with Crippen LogP contribution >= 0.6 is 0 Å². The molecule has 0 bridgehead atoms. The molecule has 0 saturated carbocycles. The summed E-state index contributed by atoms with van der Waals surface area (Å²) in [6.45, 7) is 4.91. The third-order valence-electron chi connectivity index (χ3n) is 5.68. The summed E-state index contributed by atoms with van der Waals surface area (Å²) in [4.78, 5) is 42.7. The van der Waals surface area contributed by atoms with Gasteiger partial charge in [0.15, 0.2) is 5.76 Å². The lowest BCUT2D eigenvalue weighted by molar-refractivity contribution is 0.0622. The number of piperidine rings is 1. The molecule has 160 valence electrons. The standard InChI is InChI=1S/C21H26N4O5/c1-15-2-3-18(30-15)20(27)24-9-11-25(12-10-24)21(28)22-17-4-7-23(8-5-17)19(26)16-6-13-29-14-16/h2-3,6,13-14,17H,4-5,7-12H2,1H3,(H,22,28). The molecule has 0 aliphatic carbocycles. The molecule has 0 atom stereocenters. The minimum Gasteiger partial charge on any atom is -0.472 e. The highest BCUT2D eigenvalue weighted by molar-refractivity contribution is 5.94. The largest absolute Gasteiger partial charge is 0.472 e. The van der Waals surface area contributed by atoms with Gasteiger partial charge in [-0.1, -0.05) is 0 Å². The highest BCUT2D eigenvalue weighted by atomic mass is 16.4. The second-order valence-electron chi connectivity index (χ2n) is 7.72. The van der Waals surface area contributed by atoms with Crippen molar-refractivity contribution in [2.75, 3.05) is 39.3 Å². The van der Waals surface area contributed by atoms with E-state index in [0.717, 1.165) is 0 Å². The van der Waals surface area contributed by atoms with Crippen molar-refractivity contribution >= 4 is 17.8 Å². The fraction of sp³-hybridized carbons (Fsp3) is 0.476. The van der Waals surface area contributed by atoms with Gasteiger partial charge in [-0.05, 0) is 38.0 Å². The summed E-state index contributed by atoms with van der Waals surface area (Å²) in [5, 5.41) is 3.07. The SMILES string of the molecule is Cc1ccc(C(=O)N2CCN(C(=O)NC3CCN(C(=O)c4ccoc4)CC3)CC2)o1. The zero-order valence-electron chi connectivity index (χ0n) is 17.0. The van der Waals surface area contributed by atoms with Crippen LogP contribution in [0.15, 0.2) is 39.6 Å². The van der Waals surface area contributed by atoms with Crippen LogP contribution in [0.4, 0.5) is 4.79 Å². The van der Waals surface area contributed by atoms with Crippen molar-refractivity contribution in [3.63, 3.8) is 0 Å². The molecule has 30 heavy (non-hydrogen) atoms. The van der Waals surface area contributed by atoms with Gasteiger partial charge in [0, 0.05) is 45.3 Å². The highest BCUT2D eigenvalue weighted by Gasteiger charge is 2.29. The van der Waals surface area contributed by atoms with Crippen molar-refractivity contribution in [2.24, 2.45) is 0 Å². The van der Waals surface area contributed by atoms with Crippen molar-refractivity contribution in [1.82, 2.24) is 20.0 Å². The summed E-state index contributed by atoms with van der Waals surface area (Å²) in [6.07, 6.45) is 4.37. The van der Waals surface area contributed by atoms with E-state index < -0.39 is 0 Å². The van der Waals surface area contributed by atoms with Gasteiger partial charge < -0.3 is 28.9 Å². The third kappa shape index (κ3) is 4.34. The zero-order valence-corrected chi connectivity index (χ0v) is 17.0. The molecular formula is C21H26N4O5. The van der Waals surface area contributed by atoms with E-state index in [-0.39, 0.29) is 23.9 Å². The topological polar surface area (TPSA) is 99.2 Å². The van der Waals surface area contributed by atoms with Crippen molar-refractivity contribution < 1.29 is 23.2 Å². The van der Waals surface area contributed by atoms with E-state index in [2.05, 4.69) is 5.32 Å². The van der Waals surface area contributed by atoms with E-state index >= 15 is 0 Å². The van der Waals surface area contributed by atoms with Gasteiger partial charge in [-0.3, -0.25) is 9.59 Å². The number of hydrogen-bond donors (Lipinski definition) is 1. The number of carbonyl (C=O) groups excluding carboxylic acids is 3. The summed E-state index contributed by atoms with van der Waals surface area (Å²) in [6, 6.07) is 5.03. The van der Waals surface area contributed by atoms with Crippen molar-refractivity contribution in [3.05, 3.63) is 47.8 Å². The molecule has 1 N–H and O–H groups in total. The Morgan fingerprint density at radius 3 is 2.17 bits per heavy atom. The van der Waals surface area contributed by atoms with Gasteiger partial charge in [0.05, 0.1) is 11.8 Å². The van der Waals surface area contributed by atoms with Gasteiger partial charge in [-0.15, -0.1) is 0 Å². The van der Waals surface area contributed by atoms with Gasteiger partial charge >= 0.3 is 6.03 Å². The van der Waals surface area contributed by atoms with E-state index in [1.54, 1.807) is 39.8 Å². The van der Waals surface area contributed by atoms with Gasteiger partial charge in [0.1, 0.15) is 12.0 Å². The Labute approximate surface area is 174 Å². The molecule has 0 unspecified atom stereocenters. The van der Waals surface area contributed by atoms with Crippen LogP contribution in [-0.4, -0.2) is 77.9 Å². The van der Waals surface area contributed by atoms with Crippen LogP contribution < -0.4 is 5.32 Å². The molecule has 9 nitrogen and oxygen atoms in total. The quantitative estimate of drug-likeness (QED) is 0.828. The Kier molecular flexibility index (Phi) is 5.78. The number of nitrogens with zero attached hydrogens (tertiary/aromatic N) is 3. The van der Waals surface area contributed by atoms with E-state index in [0.29, 0.717) is 69.2 Å². The maximum Gasteiger partial charge on any atom is 0.317 e. The molecule has 2 aliphatic rings. The van der Waals surface area contributed by atoms with E-state index in [9.17, 15) is 14.4 Å². The highest BCUT2D eigenvalue weighted by Crippen LogP contribution is 2.16. The van der Waals surface area contributed by atoms with Crippen LogP contribution in [0.3, 0.4) is 0 Å². The van der Waals surface area contributed by atoms with Crippen LogP contribution in [0, 0.1) is 6.92 Å². The zero-order chi connectivity index (χ0) is 21.1. The summed E-state index contributed by atoms with van der Waals surface area (Å²) in [5.74, 6) is 0.856. The number of hydrogen-bond acceptors (Lipinski definition) is 5. The van der Waals surface area contributed by atoms with Crippen LogP contribution in [0.1, 0.15) is 39.5 Å². The Morgan fingerprint density at radius 2 is 1.57 bits per heavy atom. The monoisotopic (exact) mass is 414 g/mol. The predicted octanol–water partition coefficient (Wildman–Crippen LogP) is 1.95. The Balaban J connectivity index is 1.21. The normalized spacial score (nSPS) is 17.8. The molecule has 2 aromatic heterocycles. The average Bonchev–Trinajstić information content (AvgIpc) is 3.45. The molecule has 2 saturated heterocycles. The first-order valence-corrected chi connectivity index (χ1v) is 10.2. The van der Waals surface area contributed by atoms with Gasteiger partial charge in [-0.25, -0.2) is 4.79 Å². The molecule has 4 amide bonds. The molecule has 2 aromatic rings. The fourth-order valence-corrected chi connectivity index (χ4v) is 3.88. The molecular weight excluding hydrogens is 388 g/mol. The molecule has 2 fully saturated rings. The molecule has 0 spiro atoms. The Morgan fingerprint density at radius 1 is 0.900 bits per heavy atom. The molecule has 2 aliphatic heterocycles. The predicted molar refractivity (Wildman–Crippen MR) is 107 cm³/mol.